The van der Waals surface area contributed by atoms with Gasteiger partial charge in [0.2, 0.25) is 5.95 Å². The molecule has 32 heavy (non-hydrogen) atoms. The Morgan fingerprint density at radius 2 is 1.81 bits per heavy atom. The van der Waals surface area contributed by atoms with Gasteiger partial charge in [0.25, 0.3) is 5.56 Å². The van der Waals surface area contributed by atoms with Gasteiger partial charge in [-0.05, 0) is 49.7 Å². The van der Waals surface area contributed by atoms with Crippen molar-refractivity contribution in [3.8, 4) is 5.95 Å². The Balaban J connectivity index is 1.41. The minimum absolute atomic E-state index is 0.0692. The highest BCUT2D eigenvalue weighted by molar-refractivity contribution is 6.33. The predicted molar refractivity (Wildman–Crippen MR) is 128 cm³/mol. The summed E-state index contributed by atoms with van der Waals surface area (Å²) in [7, 11) is 0. The molecule has 7 nitrogen and oxygen atoms in total. The van der Waals surface area contributed by atoms with E-state index in [1.807, 2.05) is 48.5 Å². The fourth-order valence-electron chi connectivity index (χ4n) is 4.19. The highest BCUT2D eigenvalue weighted by Gasteiger charge is 2.25. The minimum atomic E-state index is -0.439. The van der Waals surface area contributed by atoms with Gasteiger partial charge in [0, 0.05) is 11.6 Å². The first kappa shape index (κ1) is 21.0. The van der Waals surface area contributed by atoms with Crippen molar-refractivity contribution in [1.29, 1.82) is 0 Å². The Kier molecular flexibility index (Phi) is 5.87. The average molecular weight is 469 g/mol. The number of nitrogens with zero attached hydrogens (tertiary/aromatic N) is 4. The molecular weight excluding hydrogens is 447 g/mol. The smallest absolute Gasteiger partial charge is 0.295 e. The molecule has 1 unspecified atom stereocenters. The summed E-state index contributed by atoms with van der Waals surface area (Å²) in [5.74, 6) is 0.329. The molecule has 9 heteroatoms. The number of benzene rings is 2. The molecule has 5 rings (SSSR count). The molecule has 1 atom stereocenters. The van der Waals surface area contributed by atoms with E-state index in [4.69, 9.17) is 23.2 Å². The molecule has 2 N–H and O–H groups in total. The van der Waals surface area contributed by atoms with Gasteiger partial charge in [-0.2, -0.15) is 9.78 Å². The van der Waals surface area contributed by atoms with Crippen molar-refractivity contribution in [2.24, 2.45) is 0 Å². The number of fused-ring (bicyclic) bond motifs is 1. The number of imidazole rings is 1. The second-order valence-electron chi connectivity index (χ2n) is 7.83. The highest BCUT2D eigenvalue weighted by Crippen LogP contribution is 2.31. The van der Waals surface area contributed by atoms with Crippen LogP contribution in [0.25, 0.3) is 17.0 Å². The number of rotatable bonds is 6. The zero-order chi connectivity index (χ0) is 22.1. The largest absolute Gasteiger partial charge is 0.380 e. The van der Waals surface area contributed by atoms with Crippen molar-refractivity contribution in [3.05, 3.63) is 80.7 Å². The van der Waals surface area contributed by atoms with E-state index in [0.717, 1.165) is 47.6 Å². The Hall–Kier alpha value is -2.87. The Morgan fingerprint density at radius 1 is 1.06 bits per heavy atom. The summed E-state index contributed by atoms with van der Waals surface area (Å²) in [4.78, 5) is 22.9. The molecule has 164 valence electrons. The number of H-pyrrole nitrogens is 1. The molecule has 1 aliphatic rings. The van der Waals surface area contributed by atoms with Crippen LogP contribution in [0, 0.1) is 0 Å². The van der Waals surface area contributed by atoms with Crippen LogP contribution in [0.4, 0.5) is 5.69 Å². The van der Waals surface area contributed by atoms with Crippen LogP contribution < -0.4 is 10.9 Å². The second-order valence-corrected chi connectivity index (χ2v) is 8.61. The standard InChI is InChI=1S/C23H22Cl2N6O/c24-16-8-2-1-7-15(16)20(30-11-5-6-12-30)14-26-19-13-27-31(22(32)21(19)25)23-28-17-9-3-4-10-18(17)29-23/h1-4,7-10,13,20,26H,5-6,11-12,14H2,(H,28,29). The zero-order valence-corrected chi connectivity index (χ0v) is 18.8. The third kappa shape index (κ3) is 3.99. The van der Waals surface area contributed by atoms with E-state index >= 15 is 0 Å². The number of halogens is 2. The van der Waals surface area contributed by atoms with Gasteiger partial charge in [0.05, 0.1) is 29.0 Å². The normalized spacial score (nSPS) is 15.3. The van der Waals surface area contributed by atoms with Gasteiger partial charge in [-0.1, -0.05) is 53.5 Å². The monoisotopic (exact) mass is 468 g/mol. The molecule has 1 fully saturated rings. The summed E-state index contributed by atoms with van der Waals surface area (Å²) >= 11 is 13.0. The van der Waals surface area contributed by atoms with Gasteiger partial charge in [-0.15, -0.1) is 0 Å². The second kappa shape index (κ2) is 8.94. The third-order valence-corrected chi connectivity index (χ3v) is 6.54. The number of aromatic nitrogens is 4. The summed E-state index contributed by atoms with van der Waals surface area (Å²) in [5, 5.41) is 8.42. The van der Waals surface area contributed by atoms with Crippen molar-refractivity contribution in [1.82, 2.24) is 24.6 Å². The number of nitrogens with one attached hydrogen (secondary N) is 2. The topological polar surface area (TPSA) is 78.8 Å². The van der Waals surface area contributed by atoms with E-state index in [2.05, 4.69) is 25.3 Å². The van der Waals surface area contributed by atoms with Crippen molar-refractivity contribution in [3.63, 3.8) is 0 Å². The Bertz CT molecular complexity index is 1280. The molecule has 0 saturated carbocycles. The summed E-state index contributed by atoms with van der Waals surface area (Å²) < 4.78 is 1.18. The fraction of sp³-hybridized carbons (Fsp3) is 0.261. The van der Waals surface area contributed by atoms with E-state index in [1.54, 1.807) is 6.20 Å². The molecule has 0 spiro atoms. The first-order valence-corrected chi connectivity index (χ1v) is 11.3. The lowest BCUT2D eigenvalue weighted by molar-refractivity contribution is 0.256. The number of hydrogen-bond acceptors (Lipinski definition) is 5. The Morgan fingerprint density at radius 3 is 2.59 bits per heavy atom. The summed E-state index contributed by atoms with van der Waals surface area (Å²) in [6.45, 7) is 2.58. The summed E-state index contributed by atoms with van der Waals surface area (Å²) in [5.41, 5.74) is 2.68. The first-order chi connectivity index (χ1) is 15.6. The molecule has 0 radical (unpaired) electrons. The predicted octanol–water partition coefficient (Wildman–Crippen LogP) is 4.66. The molecule has 0 aliphatic carbocycles. The van der Waals surface area contributed by atoms with Gasteiger partial charge in [-0.25, -0.2) is 4.98 Å². The quantitative estimate of drug-likeness (QED) is 0.429. The molecule has 0 amide bonds. The number of para-hydroxylation sites is 2. The summed E-state index contributed by atoms with van der Waals surface area (Å²) in [6.07, 6.45) is 3.89. The van der Waals surface area contributed by atoms with Gasteiger partial charge in [-0.3, -0.25) is 9.69 Å². The molecule has 3 heterocycles. The minimum Gasteiger partial charge on any atom is -0.380 e. The van der Waals surface area contributed by atoms with Crippen LogP contribution in [0.2, 0.25) is 10.0 Å². The van der Waals surface area contributed by atoms with Crippen LogP contribution in [-0.4, -0.2) is 44.3 Å². The molecule has 2 aromatic carbocycles. The number of hydrogen-bond donors (Lipinski definition) is 2. The van der Waals surface area contributed by atoms with Gasteiger partial charge in [0.1, 0.15) is 5.02 Å². The van der Waals surface area contributed by atoms with E-state index in [1.165, 1.54) is 4.68 Å². The Labute approximate surface area is 195 Å². The van der Waals surface area contributed by atoms with E-state index < -0.39 is 5.56 Å². The van der Waals surface area contributed by atoms with Crippen LogP contribution in [-0.2, 0) is 0 Å². The fourth-order valence-corrected chi connectivity index (χ4v) is 4.64. The van der Waals surface area contributed by atoms with Crippen molar-refractivity contribution in [2.45, 2.75) is 18.9 Å². The maximum absolute atomic E-state index is 12.9. The first-order valence-electron chi connectivity index (χ1n) is 10.6. The molecular formula is C23H22Cl2N6O. The lowest BCUT2D eigenvalue weighted by Crippen LogP contribution is -2.32. The SMILES string of the molecule is O=c1c(Cl)c(NCC(c2ccccc2Cl)N2CCCC2)cnn1-c1nc2ccccc2[nH]1. The van der Waals surface area contributed by atoms with E-state index in [-0.39, 0.29) is 11.1 Å². The lowest BCUT2D eigenvalue weighted by atomic mass is 10.1. The van der Waals surface area contributed by atoms with Crippen molar-refractivity contribution < 1.29 is 0 Å². The number of likely N-dealkylation sites (tertiary alicyclic amines) is 1. The van der Waals surface area contributed by atoms with Crippen molar-refractivity contribution >= 4 is 39.9 Å². The maximum atomic E-state index is 12.9. The lowest BCUT2D eigenvalue weighted by Gasteiger charge is -2.29. The molecule has 1 aliphatic heterocycles. The van der Waals surface area contributed by atoms with E-state index in [9.17, 15) is 4.79 Å². The third-order valence-electron chi connectivity index (χ3n) is 5.83. The number of anilines is 1. The van der Waals surface area contributed by atoms with Crippen LogP contribution in [0.1, 0.15) is 24.4 Å². The van der Waals surface area contributed by atoms with Crippen LogP contribution in [0.3, 0.4) is 0 Å². The molecule has 0 bridgehead atoms. The molecule has 1 saturated heterocycles. The van der Waals surface area contributed by atoms with Gasteiger partial charge in [0.15, 0.2) is 0 Å². The molecule has 2 aromatic heterocycles. The molecule has 4 aromatic rings. The van der Waals surface area contributed by atoms with Crippen LogP contribution in [0.5, 0.6) is 0 Å². The van der Waals surface area contributed by atoms with E-state index in [0.29, 0.717) is 18.2 Å². The van der Waals surface area contributed by atoms with Gasteiger partial charge < -0.3 is 10.3 Å². The van der Waals surface area contributed by atoms with Crippen molar-refractivity contribution in [2.75, 3.05) is 25.0 Å². The maximum Gasteiger partial charge on any atom is 0.295 e. The summed E-state index contributed by atoms with van der Waals surface area (Å²) in [6, 6.07) is 15.5. The highest BCUT2D eigenvalue weighted by atomic mass is 35.5. The van der Waals surface area contributed by atoms with Crippen LogP contribution >= 0.6 is 23.2 Å². The van der Waals surface area contributed by atoms with Crippen LogP contribution in [0.15, 0.2) is 59.5 Å². The zero-order valence-electron chi connectivity index (χ0n) is 17.3. The average Bonchev–Trinajstić information content (AvgIpc) is 3.48. The van der Waals surface area contributed by atoms with Gasteiger partial charge >= 0.3 is 0 Å². The number of aromatic amines is 1.